The van der Waals surface area contributed by atoms with E-state index in [0.29, 0.717) is 6.04 Å². The molecule has 0 radical (unpaired) electrons. The molecule has 2 aliphatic rings. The molecule has 3 heteroatoms. The molecule has 0 amide bonds. The third-order valence-corrected chi connectivity index (χ3v) is 4.27. The second kappa shape index (κ2) is 5.27. The first-order chi connectivity index (χ1) is 8.86. The van der Waals surface area contributed by atoms with Crippen molar-refractivity contribution in [3.63, 3.8) is 0 Å². The number of aromatic nitrogens is 1. The molecule has 1 aromatic heterocycles. The highest BCUT2D eigenvalue weighted by molar-refractivity contribution is 5.34. The van der Waals surface area contributed by atoms with Crippen molar-refractivity contribution in [1.29, 1.82) is 0 Å². The minimum atomic E-state index is 0.170. The Labute approximate surface area is 109 Å². The molecular weight excluding hydrogens is 224 g/mol. The Balaban J connectivity index is 1.63. The van der Waals surface area contributed by atoms with Crippen LogP contribution in [0.4, 0.5) is 5.82 Å². The Bertz CT molecular complexity index is 368. The highest BCUT2D eigenvalue weighted by Crippen LogP contribution is 2.39. The molecule has 98 valence electrons. The molecule has 1 aliphatic carbocycles. The van der Waals surface area contributed by atoms with Crippen LogP contribution in [0.15, 0.2) is 24.4 Å². The van der Waals surface area contributed by atoms with Gasteiger partial charge in [-0.15, -0.1) is 0 Å². The molecular formula is C15H22N2O. The van der Waals surface area contributed by atoms with E-state index in [1.54, 1.807) is 0 Å². The van der Waals surface area contributed by atoms with Gasteiger partial charge in [-0.1, -0.05) is 25.3 Å². The van der Waals surface area contributed by atoms with Crippen molar-refractivity contribution in [2.24, 2.45) is 0 Å². The Morgan fingerprint density at radius 1 is 1.22 bits per heavy atom. The number of hydrogen-bond donors (Lipinski definition) is 1. The number of nitrogens with zero attached hydrogens (tertiary/aromatic N) is 1. The van der Waals surface area contributed by atoms with Gasteiger partial charge in [-0.2, -0.15) is 0 Å². The molecule has 1 N–H and O–H groups in total. The summed E-state index contributed by atoms with van der Waals surface area (Å²) in [6.45, 7) is 0.893. The van der Waals surface area contributed by atoms with Gasteiger partial charge < -0.3 is 10.1 Å². The van der Waals surface area contributed by atoms with Gasteiger partial charge in [-0.3, -0.25) is 0 Å². The van der Waals surface area contributed by atoms with Crippen LogP contribution in [0.25, 0.3) is 0 Å². The molecule has 2 fully saturated rings. The lowest BCUT2D eigenvalue weighted by Crippen LogP contribution is -2.45. The quantitative estimate of drug-likeness (QED) is 0.868. The van der Waals surface area contributed by atoms with Crippen LogP contribution in [-0.4, -0.2) is 23.2 Å². The van der Waals surface area contributed by atoms with Crippen molar-refractivity contribution in [2.45, 2.75) is 56.6 Å². The molecule has 1 saturated heterocycles. The Morgan fingerprint density at radius 2 is 2.11 bits per heavy atom. The Morgan fingerprint density at radius 3 is 2.89 bits per heavy atom. The summed E-state index contributed by atoms with van der Waals surface area (Å²) in [5, 5.41) is 3.56. The molecule has 0 unspecified atom stereocenters. The molecule has 1 spiro atoms. The van der Waals surface area contributed by atoms with E-state index in [2.05, 4.69) is 10.3 Å². The minimum Gasteiger partial charge on any atom is -0.375 e. The van der Waals surface area contributed by atoms with Crippen LogP contribution in [0.1, 0.15) is 44.9 Å². The number of hydrogen-bond acceptors (Lipinski definition) is 3. The molecule has 3 rings (SSSR count). The molecule has 2 heterocycles. The normalized spacial score (nSPS) is 27.0. The lowest BCUT2D eigenvalue weighted by molar-refractivity contribution is -0.103. The maximum Gasteiger partial charge on any atom is 0.126 e. The Kier molecular flexibility index (Phi) is 3.50. The van der Waals surface area contributed by atoms with Gasteiger partial charge in [-0.05, 0) is 37.8 Å². The monoisotopic (exact) mass is 246 g/mol. The topological polar surface area (TPSA) is 34.1 Å². The zero-order valence-corrected chi connectivity index (χ0v) is 10.9. The summed E-state index contributed by atoms with van der Waals surface area (Å²) in [5.41, 5.74) is 0.170. The molecule has 3 nitrogen and oxygen atoms in total. The molecule has 1 aliphatic heterocycles. The van der Waals surface area contributed by atoms with Gasteiger partial charge in [0.2, 0.25) is 0 Å². The van der Waals surface area contributed by atoms with Crippen LogP contribution in [0, 0.1) is 0 Å². The van der Waals surface area contributed by atoms with E-state index in [0.717, 1.165) is 25.3 Å². The highest BCUT2D eigenvalue weighted by atomic mass is 16.5. The van der Waals surface area contributed by atoms with Gasteiger partial charge in [0, 0.05) is 18.8 Å². The van der Waals surface area contributed by atoms with Gasteiger partial charge in [0.1, 0.15) is 5.82 Å². The highest BCUT2D eigenvalue weighted by Gasteiger charge is 2.38. The molecule has 0 aromatic carbocycles. The third-order valence-electron chi connectivity index (χ3n) is 4.27. The van der Waals surface area contributed by atoms with Crippen LogP contribution >= 0.6 is 0 Å². The van der Waals surface area contributed by atoms with E-state index in [-0.39, 0.29) is 5.60 Å². The van der Waals surface area contributed by atoms with E-state index in [4.69, 9.17) is 4.74 Å². The predicted octanol–water partition coefficient (Wildman–Crippen LogP) is 3.38. The third kappa shape index (κ3) is 2.66. The lowest BCUT2D eigenvalue weighted by atomic mass is 9.78. The van der Waals surface area contributed by atoms with Crippen molar-refractivity contribution in [3.05, 3.63) is 24.4 Å². The fourth-order valence-corrected chi connectivity index (χ4v) is 3.35. The zero-order valence-electron chi connectivity index (χ0n) is 10.9. The van der Waals surface area contributed by atoms with E-state index in [1.165, 1.54) is 32.1 Å². The first kappa shape index (κ1) is 12.0. The summed E-state index contributed by atoms with van der Waals surface area (Å²) in [4.78, 5) is 4.35. The summed E-state index contributed by atoms with van der Waals surface area (Å²) < 4.78 is 6.11. The maximum absolute atomic E-state index is 6.11. The molecule has 1 atom stereocenters. The SMILES string of the molecule is c1ccc(N[C@H]2CCOC3(CCCCC3)C2)nc1. The van der Waals surface area contributed by atoms with E-state index < -0.39 is 0 Å². The van der Waals surface area contributed by atoms with Crippen molar-refractivity contribution < 1.29 is 4.74 Å². The van der Waals surface area contributed by atoms with Gasteiger partial charge in [0.25, 0.3) is 0 Å². The van der Waals surface area contributed by atoms with Crippen LogP contribution in [-0.2, 0) is 4.74 Å². The van der Waals surface area contributed by atoms with E-state index >= 15 is 0 Å². The number of nitrogens with one attached hydrogen (secondary N) is 1. The standard InChI is InChI=1S/C15H22N2O/c1-3-8-15(9-4-1)12-13(7-11-18-15)17-14-6-2-5-10-16-14/h2,5-6,10,13H,1,3-4,7-9,11-12H2,(H,16,17)/t13-/m0/s1. The van der Waals surface area contributed by atoms with Gasteiger partial charge in [0.15, 0.2) is 0 Å². The predicted molar refractivity (Wildman–Crippen MR) is 72.6 cm³/mol. The number of anilines is 1. The maximum atomic E-state index is 6.11. The van der Waals surface area contributed by atoms with Crippen LogP contribution in [0.2, 0.25) is 0 Å². The minimum absolute atomic E-state index is 0.170. The fourth-order valence-electron chi connectivity index (χ4n) is 3.35. The summed E-state index contributed by atoms with van der Waals surface area (Å²) >= 11 is 0. The van der Waals surface area contributed by atoms with Crippen molar-refractivity contribution in [2.75, 3.05) is 11.9 Å². The van der Waals surface area contributed by atoms with Crippen LogP contribution in [0.5, 0.6) is 0 Å². The van der Waals surface area contributed by atoms with E-state index in [1.807, 2.05) is 24.4 Å². The van der Waals surface area contributed by atoms with Crippen LogP contribution in [0.3, 0.4) is 0 Å². The van der Waals surface area contributed by atoms with E-state index in [9.17, 15) is 0 Å². The fraction of sp³-hybridized carbons (Fsp3) is 0.667. The zero-order chi connectivity index (χ0) is 12.3. The number of pyridine rings is 1. The summed E-state index contributed by atoms with van der Waals surface area (Å²) in [7, 11) is 0. The summed E-state index contributed by atoms with van der Waals surface area (Å²) in [6.07, 6.45) is 10.6. The largest absolute Gasteiger partial charge is 0.375 e. The van der Waals surface area contributed by atoms with Crippen LogP contribution < -0.4 is 5.32 Å². The van der Waals surface area contributed by atoms with Gasteiger partial charge in [0.05, 0.1) is 5.60 Å². The first-order valence-corrected chi connectivity index (χ1v) is 7.18. The smallest absolute Gasteiger partial charge is 0.126 e. The summed E-state index contributed by atoms with van der Waals surface area (Å²) in [6, 6.07) is 6.55. The molecule has 1 aromatic rings. The summed E-state index contributed by atoms with van der Waals surface area (Å²) in [5.74, 6) is 0.996. The number of rotatable bonds is 2. The average molecular weight is 246 g/mol. The molecule has 18 heavy (non-hydrogen) atoms. The van der Waals surface area contributed by atoms with Crippen molar-refractivity contribution in [3.8, 4) is 0 Å². The van der Waals surface area contributed by atoms with Gasteiger partial charge in [-0.25, -0.2) is 4.98 Å². The molecule has 1 saturated carbocycles. The lowest BCUT2D eigenvalue weighted by Gasteiger charge is -2.43. The Hall–Kier alpha value is -1.09. The second-order valence-corrected chi connectivity index (χ2v) is 5.64. The van der Waals surface area contributed by atoms with Crippen molar-refractivity contribution >= 4 is 5.82 Å². The van der Waals surface area contributed by atoms with Crippen molar-refractivity contribution in [1.82, 2.24) is 4.98 Å². The molecule has 0 bridgehead atoms. The number of ether oxygens (including phenoxy) is 1. The van der Waals surface area contributed by atoms with Gasteiger partial charge >= 0.3 is 0 Å². The average Bonchev–Trinajstić information content (AvgIpc) is 2.41. The second-order valence-electron chi connectivity index (χ2n) is 5.64. The first-order valence-electron chi connectivity index (χ1n) is 7.18.